The number of hydrazine groups is 1. The number of likely N-dealkylation sites (N-methyl/N-ethyl adjacent to an activating group) is 1. The summed E-state index contributed by atoms with van der Waals surface area (Å²) in [6.45, 7) is 6.18. The fourth-order valence-electron chi connectivity index (χ4n) is 1.93. The minimum Gasteiger partial charge on any atom is -0.337 e. The molecule has 0 saturated carbocycles. The summed E-state index contributed by atoms with van der Waals surface area (Å²) in [5.74, 6) is 5.46. The average molecular weight is 279 g/mol. The standard InChI is InChI=1S/C14H25N5O/c1-5-6-19(8-7-18(3)4)14(20)12-10-16-11(2)9-13(12)17-15/h9-10H,5-8,15H2,1-4H3,(H,16,17). The highest BCUT2D eigenvalue weighted by molar-refractivity contribution is 5.99. The number of nitrogens with two attached hydrogens (primary N) is 1. The zero-order valence-corrected chi connectivity index (χ0v) is 12.8. The molecule has 0 aromatic carbocycles. The van der Waals surface area contributed by atoms with Gasteiger partial charge in [-0.05, 0) is 33.5 Å². The Hall–Kier alpha value is -1.66. The van der Waals surface area contributed by atoms with E-state index in [4.69, 9.17) is 5.84 Å². The SMILES string of the molecule is CCCN(CCN(C)C)C(=O)c1cnc(C)cc1NN. The third-order valence-corrected chi connectivity index (χ3v) is 3.02. The van der Waals surface area contributed by atoms with E-state index in [2.05, 4.69) is 22.2 Å². The number of carbonyl (C=O) groups is 1. The Kier molecular flexibility index (Phi) is 6.41. The molecule has 1 aromatic rings. The number of hydrogen-bond acceptors (Lipinski definition) is 5. The van der Waals surface area contributed by atoms with Crippen molar-refractivity contribution in [3.8, 4) is 0 Å². The molecule has 6 heteroatoms. The summed E-state index contributed by atoms with van der Waals surface area (Å²) in [4.78, 5) is 20.7. The minimum absolute atomic E-state index is 0.0332. The number of aryl methyl sites for hydroxylation is 1. The number of amides is 1. The molecule has 0 atom stereocenters. The lowest BCUT2D eigenvalue weighted by Gasteiger charge is -2.24. The van der Waals surface area contributed by atoms with Crippen LogP contribution in [0, 0.1) is 6.92 Å². The van der Waals surface area contributed by atoms with Gasteiger partial charge < -0.3 is 15.2 Å². The zero-order valence-electron chi connectivity index (χ0n) is 12.8. The number of carbonyl (C=O) groups excluding carboxylic acids is 1. The van der Waals surface area contributed by atoms with Crippen LogP contribution in [0.3, 0.4) is 0 Å². The van der Waals surface area contributed by atoms with Crippen molar-refractivity contribution in [1.29, 1.82) is 0 Å². The Bertz CT molecular complexity index is 447. The molecule has 0 aliphatic carbocycles. The smallest absolute Gasteiger partial charge is 0.257 e. The van der Waals surface area contributed by atoms with Gasteiger partial charge in [0.1, 0.15) is 0 Å². The second-order valence-corrected chi connectivity index (χ2v) is 5.11. The molecule has 3 N–H and O–H groups in total. The fourth-order valence-corrected chi connectivity index (χ4v) is 1.93. The first-order valence-electron chi connectivity index (χ1n) is 6.86. The van der Waals surface area contributed by atoms with Crippen LogP contribution in [0.1, 0.15) is 29.4 Å². The maximum atomic E-state index is 12.6. The van der Waals surface area contributed by atoms with Crippen molar-refractivity contribution in [2.45, 2.75) is 20.3 Å². The quantitative estimate of drug-likeness (QED) is 0.577. The molecule has 0 bridgehead atoms. The van der Waals surface area contributed by atoms with Gasteiger partial charge in [-0.3, -0.25) is 15.6 Å². The van der Waals surface area contributed by atoms with E-state index in [-0.39, 0.29) is 5.91 Å². The normalized spacial score (nSPS) is 10.7. The van der Waals surface area contributed by atoms with Crippen molar-refractivity contribution < 1.29 is 4.79 Å². The number of aromatic nitrogens is 1. The van der Waals surface area contributed by atoms with E-state index >= 15 is 0 Å². The topological polar surface area (TPSA) is 74.5 Å². The van der Waals surface area contributed by atoms with Crippen LogP contribution in [0.4, 0.5) is 5.69 Å². The average Bonchev–Trinajstić information content (AvgIpc) is 2.42. The van der Waals surface area contributed by atoms with E-state index in [0.29, 0.717) is 17.8 Å². The molecule has 0 aliphatic heterocycles. The van der Waals surface area contributed by atoms with E-state index in [1.54, 1.807) is 12.3 Å². The van der Waals surface area contributed by atoms with Crippen LogP contribution in [0.2, 0.25) is 0 Å². The number of anilines is 1. The van der Waals surface area contributed by atoms with E-state index in [1.165, 1.54) is 0 Å². The minimum atomic E-state index is -0.0332. The molecule has 1 amide bonds. The maximum absolute atomic E-state index is 12.6. The van der Waals surface area contributed by atoms with Gasteiger partial charge >= 0.3 is 0 Å². The highest BCUT2D eigenvalue weighted by Crippen LogP contribution is 2.17. The summed E-state index contributed by atoms with van der Waals surface area (Å²) in [5.41, 5.74) is 4.54. The maximum Gasteiger partial charge on any atom is 0.257 e. The molecule has 112 valence electrons. The van der Waals surface area contributed by atoms with E-state index in [1.807, 2.05) is 25.9 Å². The van der Waals surface area contributed by atoms with Gasteiger partial charge in [-0.2, -0.15) is 0 Å². The van der Waals surface area contributed by atoms with Crippen LogP contribution >= 0.6 is 0 Å². The van der Waals surface area contributed by atoms with Crippen molar-refractivity contribution in [3.05, 3.63) is 23.5 Å². The largest absolute Gasteiger partial charge is 0.337 e. The van der Waals surface area contributed by atoms with E-state index in [0.717, 1.165) is 25.2 Å². The molecule has 0 radical (unpaired) electrons. The van der Waals surface area contributed by atoms with E-state index < -0.39 is 0 Å². The van der Waals surface area contributed by atoms with Gasteiger partial charge in [0.2, 0.25) is 0 Å². The summed E-state index contributed by atoms with van der Waals surface area (Å²) in [5, 5.41) is 0. The molecule has 0 fully saturated rings. The van der Waals surface area contributed by atoms with Crippen LogP contribution in [-0.4, -0.2) is 54.4 Å². The molecular weight excluding hydrogens is 254 g/mol. The molecule has 1 rings (SSSR count). The monoisotopic (exact) mass is 279 g/mol. The molecule has 0 spiro atoms. The van der Waals surface area contributed by atoms with Crippen molar-refractivity contribution in [3.63, 3.8) is 0 Å². The first-order valence-corrected chi connectivity index (χ1v) is 6.86. The lowest BCUT2D eigenvalue weighted by atomic mass is 10.2. The van der Waals surface area contributed by atoms with E-state index in [9.17, 15) is 4.79 Å². The molecule has 0 unspecified atom stereocenters. The molecular formula is C14H25N5O. The third-order valence-electron chi connectivity index (χ3n) is 3.02. The number of hydrogen-bond donors (Lipinski definition) is 2. The number of rotatable bonds is 7. The molecule has 0 aliphatic rings. The highest BCUT2D eigenvalue weighted by Gasteiger charge is 2.18. The number of pyridine rings is 1. The predicted octanol–water partition coefficient (Wildman–Crippen LogP) is 1.09. The van der Waals surface area contributed by atoms with Crippen molar-refractivity contribution in [1.82, 2.24) is 14.8 Å². The fraction of sp³-hybridized carbons (Fsp3) is 0.571. The molecule has 20 heavy (non-hydrogen) atoms. The second-order valence-electron chi connectivity index (χ2n) is 5.11. The van der Waals surface area contributed by atoms with Gasteiger partial charge in [-0.1, -0.05) is 6.92 Å². The van der Waals surface area contributed by atoms with Crippen LogP contribution in [0.15, 0.2) is 12.3 Å². The van der Waals surface area contributed by atoms with Crippen LogP contribution < -0.4 is 11.3 Å². The van der Waals surface area contributed by atoms with Gasteiger partial charge in [0.15, 0.2) is 0 Å². The summed E-state index contributed by atoms with van der Waals surface area (Å²) >= 11 is 0. The Morgan fingerprint density at radius 1 is 1.35 bits per heavy atom. The predicted molar refractivity (Wildman–Crippen MR) is 81.5 cm³/mol. The second kappa shape index (κ2) is 7.81. The highest BCUT2D eigenvalue weighted by atomic mass is 16.2. The molecule has 1 heterocycles. The van der Waals surface area contributed by atoms with Gasteiger partial charge in [0.05, 0.1) is 11.3 Å². The van der Waals surface area contributed by atoms with Gasteiger partial charge in [0.25, 0.3) is 5.91 Å². The first kappa shape index (κ1) is 16.4. The number of nitrogens with one attached hydrogen (secondary N) is 1. The van der Waals surface area contributed by atoms with Gasteiger partial charge in [-0.15, -0.1) is 0 Å². The number of nitrogens with zero attached hydrogens (tertiary/aromatic N) is 3. The molecule has 1 aromatic heterocycles. The lowest BCUT2D eigenvalue weighted by Crippen LogP contribution is -2.37. The van der Waals surface area contributed by atoms with Gasteiger partial charge in [-0.25, -0.2) is 0 Å². The summed E-state index contributed by atoms with van der Waals surface area (Å²) in [6.07, 6.45) is 2.51. The van der Waals surface area contributed by atoms with Crippen molar-refractivity contribution >= 4 is 11.6 Å². The van der Waals surface area contributed by atoms with Crippen LogP contribution in [-0.2, 0) is 0 Å². The first-order chi connectivity index (χ1) is 9.49. The Balaban J connectivity index is 2.93. The Morgan fingerprint density at radius 3 is 2.60 bits per heavy atom. The molecule has 0 saturated heterocycles. The zero-order chi connectivity index (χ0) is 15.1. The summed E-state index contributed by atoms with van der Waals surface area (Å²) in [6, 6.07) is 1.78. The van der Waals surface area contributed by atoms with Crippen molar-refractivity contribution in [2.75, 3.05) is 39.2 Å². The Morgan fingerprint density at radius 2 is 2.05 bits per heavy atom. The van der Waals surface area contributed by atoms with Crippen LogP contribution in [0.25, 0.3) is 0 Å². The summed E-state index contributed by atoms with van der Waals surface area (Å²) in [7, 11) is 3.99. The third kappa shape index (κ3) is 4.47. The van der Waals surface area contributed by atoms with Crippen LogP contribution in [0.5, 0.6) is 0 Å². The number of nitrogen functional groups attached to an aromatic ring is 1. The Labute approximate surface area is 120 Å². The molecule has 6 nitrogen and oxygen atoms in total. The van der Waals surface area contributed by atoms with Gasteiger partial charge in [0, 0.05) is 31.5 Å². The lowest BCUT2D eigenvalue weighted by molar-refractivity contribution is 0.0745. The summed E-state index contributed by atoms with van der Waals surface area (Å²) < 4.78 is 0. The van der Waals surface area contributed by atoms with Crippen molar-refractivity contribution in [2.24, 2.45) is 5.84 Å².